The zero-order valence-electron chi connectivity index (χ0n) is 11.9. The van der Waals surface area contributed by atoms with Gasteiger partial charge < -0.3 is 19.2 Å². The molecule has 4 nitrogen and oxygen atoms in total. The topological polar surface area (TPSA) is 43.6 Å². The van der Waals surface area contributed by atoms with Gasteiger partial charge in [-0.15, -0.1) is 0 Å². The van der Waals surface area contributed by atoms with E-state index in [-0.39, 0.29) is 6.04 Å². The largest absolute Gasteiger partial charge is 0.490 e. The summed E-state index contributed by atoms with van der Waals surface area (Å²) in [4.78, 5) is 0. The van der Waals surface area contributed by atoms with Crippen LogP contribution in [0.1, 0.15) is 30.7 Å². The van der Waals surface area contributed by atoms with Crippen molar-refractivity contribution in [1.29, 1.82) is 0 Å². The van der Waals surface area contributed by atoms with Gasteiger partial charge in [-0.1, -0.05) is 0 Å². The second-order valence-electron chi connectivity index (χ2n) is 5.07. The Morgan fingerprint density at radius 1 is 1.29 bits per heavy atom. The molecule has 1 aliphatic heterocycles. The molecule has 1 N–H and O–H groups in total. The summed E-state index contributed by atoms with van der Waals surface area (Å²) in [6, 6.07) is 8.14. The van der Waals surface area contributed by atoms with Crippen molar-refractivity contribution < 1.29 is 13.9 Å². The Morgan fingerprint density at radius 3 is 2.95 bits per heavy atom. The van der Waals surface area contributed by atoms with E-state index in [1.54, 1.807) is 6.26 Å². The first-order valence-corrected chi connectivity index (χ1v) is 7.88. The molecule has 0 fully saturated rings. The van der Waals surface area contributed by atoms with Crippen LogP contribution in [0, 0.1) is 0 Å². The third-order valence-electron chi connectivity index (χ3n) is 3.44. The molecule has 1 atom stereocenters. The first kappa shape index (κ1) is 14.5. The van der Waals surface area contributed by atoms with Crippen LogP contribution in [0.15, 0.2) is 39.4 Å². The second-order valence-corrected chi connectivity index (χ2v) is 5.93. The molecule has 1 unspecified atom stereocenters. The normalized spacial score (nSPS) is 15.5. The van der Waals surface area contributed by atoms with E-state index in [0.29, 0.717) is 13.2 Å². The fourth-order valence-electron chi connectivity index (χ4n) is 2.30. The zero-order valence-corrected chi connectivity index (χ0v) is 13.5. The van der Waals surface area contributed by atoms with Crippen molar-refractivity contribution >= 4 is 15.9 Å². The SMILES string of the molecule is CC(NCc1cc(Br)c2c(c1)OCCCO2)c1ccco1. The molecular weight excluding hydrogens is 334 g/mol. The van der Waals surface area contributed by atoms with Gasteiger partial charge in [-0.3, -0.25) is 0 Å². The maximum absolute atomic E-state index is 5.75. The van der Waals surface area contributed by atoms with E-state index >= 15 is 0 Å². The minimum Gasteiger partial charge on any atom is -0.490 e. The van der Waals surface area contributed by atoms with Crippen LogP contribution >= 0.6 is 15.9 Å². The van der Waals surface area contributed by atoms with Gasteiger partial charge in [-0.2, -0.15) is 0 Å². The molecule has 3 rings (SSSR count). The highest BCUT2D eigenvalue weighted by Crippen LogP contribution is 2.38. The second kappa shape index (κ2) is 6.54. The van der Waals surface area contributed by atoms with Crippen molar-refractivity contribution in [1.82, 2.24) is 5.32 Å². The number of ether oxygens (including phenoxy) is 2. The zero-order chi connectivity index (χ0) is 14.7. The van der Waals surface area contributed by atoms with Gasteiger partial charge in [0, 0.05) is 13.0 Å². The maximum Gasteiger partial charge on any atom is 0.175 e. The van der Waals surface area contributed by atoms with Crippen molar-refractivity contribution in [2.24, 2.45) is 0 Å². The smallest absolute Gasteiger partial charge is 0.175 e. The number of hydrogen-bond donors (Lipinski definition) is 1. The molecule has 2 aromatic rings. The van der Waals surface area contributed by atoms with Crippen LogP contribution in [0.3, 0.4) is 0 Å². The Hall–Kier alpha value is -1.46. The van der Waals surface area contributed by atoms with Crippen molar-refractivity contribution in [2.75, 3.05) is 13.2 Å². The van der Waals surface area contributed by atoms with E-state index in [1.807, 2.05) is 18.2 Å². The molecule has 5 heteroatoms. The number of hydrogen-bond acceptors (Lipinski definition) is 4. The predicted molar refractivity (Wildman–Crippen MR) is 83.7 cm³/mol. The highest BCUT2D eigenvalue weighted by Gasteiger charge is 2.16. The molecule has 2 heterocycles. The van der Waals surface area contributed by atoms with Crippen molar-refractivity contribution in [3.05, 3.63) is 46.3 Å². The van der Waals surface area contributed by atoms with E-state index in [1.165, 1.54) is 0 Å². The standard InChI is InChI=1S/C16H18BrNO3/c1-11(14-4-2-5-19-14)18-10-12-8-13(17)16-15(9-12)20-6-3-7-21-16/h2,4-5,8-9,11,18H,3,6-7,10H2,1H3. The number of nitrogens with one attached hydrogen (secondary N) is 1. The lowest BCUT2D eigenvalue weighted by molar-refractivity contribution is 0.296. The predicted octanol–water partition coefficient (Wildman–Crippen LogP) is 4.05. The summed E-state index contributed by atoms with van der Waals surface area (Å²) in [5, 5.41) is 3.44. The molecule has 0 radical (unpaired) electrons. The minimum absolute atomic E-state index is 0.162. The van der Waals surface area contributed by atoms with E-state index in [2.05, 4.69) is 34.2 Å². The van der Waals surface area contributed by atoms with Gasteiger partial charge in [0.15, 0.2) is 11.5 Å². The van der Waals surface area contributed by atoms with Gasteiger partial charge in [0.2, 0.25) is 0 Å². The molecule has 1 aliphatic rings. The fraction of sp³-hybridized carbons (Fsp3) is 0.375. The fourth-order valence-corrected chi connectivity index (χ4v) is 2.90. The molecule has 0 amide bonds. The van der Waals surface area contributed by atoms with Gasteiger partial charge in [0.1, 0.15) is 5.76 Å². The van der Waals surface area contributed by atoms with E-state index in [0.717, 1.165) is 40.3 Å². The highest BCUT2D eigenvalue weighted by molar-refractivity contribution is 9.10. The molecule has 1 aromatic heterocycles. The van der Waals surface area contributed by atoms with Gasteiger partial charge in [-0.05, 0) is 52.7 Å². The van der Waals surface area contributed by atoms with Crippen molar-refractivity contribution in [3.8, 4) is 11.5 Å². The van der Waals surface area contributed by atoms with Gasteiger partial charge in [0.25, 0.3) is 0 Å². The van der Waals surface area contributed by atoms with E-state index in [4.69, 9.17) is 13.9 Å². The van der Waals surface area contributed by atoms with E-state index in [9.17, 15) is 0 Å². The Bertz CT molecular complexity index is 598. The number of halogens is 1. The van der Waals surface area contributed by atoms with Crippen molar-refractivity contribution in [3.63, 3.8) is 0 Å². The highest BCUT2D eigenvalue weighted by atomic mass is 79.9. The summed E-state index contributed by atoms with van der Waals surface area (Å²) in [5.74, 6) is 2.54. The third-order valence-corrected chi connectivity index (χ3v) is 4.03. The van der Waals surface area contributed by atoms with Crippen molar-refractivity contribution in [2.45, 2.75) is 25.9 Å². The average molecular weight is 352 g/mol. The summed E-state index contributed by atoms with van der Waals surface area (Å²) in [6.45, 7) is 4.20. The monoisotopic (exact) mass is 351 g/mol. The Morgan fingerprint density at radius 2 is 2.14 bits per heavy atom. The number of fused-ring (bicyclic) bond motifs is 1. The lowest BCUT2D eigenvalue weighted by Crippen LogP contribution is -2.17. The molecule has 21 heavy (non-hydrogen) atoms. The summed E-state index contributed by atoms with van der Waals surface area (Å²) in [5.41, 5.74) is 1.14. The van der Waals surface area contributed by atoms with Gasteiger partial charge in [-0.25, -0.2) is 0 Å². The Kier molecular flexibility index (Phi) is 4.51. The molecule has 0 spiro atoms. The Labute approximate surface area is 132 Å². The molecule has 0 saturated carbocycles. The first-order chi connectivity index (χ1) is 10.2. The molecule has 0 aliphatic carbocycles. The first-order valence-electron chi connectivity index (χ1n) is 7.09. The van der Waals surface area contributed by atoms with Crippen LogP contribution in [-0.2, 0) is 6.54 Å². The van der Waals surface area contributed by atoms with Crippen LogP contribution in [0.2, 0.25) is 0 Å². The summed E-state index contributed by atoms with van der Waals surface area (Å²) >= 11 is 3.56. The lowest BCUT2D eigenvalue weighted by atomic mass is 10.1. The molecule has 1 aromatic carbocycles. The summed E-state index contributed by atoms with van der Waals surface area (Å²) in [7, 11) is 0. The lowest BCUT2D eigenvalue weighted by Gasteiger charge is -2.14. The minimum atomic E-state index is 0.162. The number of rotatable bonds is 4. The van der Waals surface area contributed by atoms with Crippen LogP contribution in [-0.4, -0.2) is 13.2 Å². The van der Waals surface area contributed by atoms with Crippen LogP contribution in [0.25, 0.3) is 0 Å². The molecule has 112 valence electrons. The molecular formula is C16H18BrNO3. The molecule has 0 bridgehead atoms. The van der Waals surface area contributed by atoms with Crippen LogP contribution in [0.4, 0.5) is 0 Å². The quantitative estimate of drug-likeness (QED) is 0.902. The Balaban J connectivity index is 1.71. The van der Waals surface area contributed by atoms with Crippen LogP contribution in [0.5, 0.6) is 11.5 Å². The van der Waals surface area contributed by atoms with Gasteiger partial charge in [0.05, 0.1) is 30.0 Å². The number of furan rings is 1. The summed E-state index contributed by atoms with van der Waals surface area (Å²) in [6.07, 6.45) is 2.60. The number of benzene rings is 1. The van der Waals surface area contributed by atoms with Crippen LogP contribution < -0.4 is 14.8 Å². The average Bonchev–Trinajstić information content (AvgIpc) is 2.91. The van der Waals surface area contributed by atoms with E-state index < -0.39 is 0 Å². The maximum atomic E-state index is 5.75. The third kappa shape index (κ3) is 3.41. The molecule has 0 saturated heterocycles. The van der Waals surface area contributed by atoms with Gasteiger partial charge >= 0.3 is 0 Å². The summed E-state index contributed by atoms with van der Waals surface area (Å²) < 4.78 is 17.8.